The molecule has 0 radical (unpaired) electrons. The van der Waals surface area contributed by atoms with Crippen molar-refractivity contribution in [3.63, 3.8) is 0 Å². The minimum absolute atomic E-state index is 0.000995. The number of halogens is 3. The Morgan fingerprint density at radius 2 is 1.86 bits per heavy atom. The van der Waals surface area contributed by atoms with Crippen LogP contribution in [-0.4, -0.2) is 39.2 Å². The molecule has 0 saturated carbocycles. The van der Waals surface area contributed by atoms with Gasteiger partial charge in [-0.2, -0.15) is 18.0 Å². The molecule has 3 aromatic rings. The molecular formula is C18H13F3N4O3. The number of hydrogen-bond donors (Lipinski definition) is 0. The van der Waals surface area contributed by atoms with Gasteiger partial charge in [0.25, 0.3) is 0 Å². The number of carbonyl (C=O) groups is 1. The van der Waals surface area contributed by atoms with Gasteiger partial charge in [-0.25, -0.2) is 0 Å². The third-order valence-corrected chi connectivity index (χ3v) is 4.05. The number of aromatic nitrogens is 4. The molecule has 4 rings (SSSR count). The van der Waals surface area contributed by atoms with Crippen LogP contribution in [0.4, 0.5) is 13.2 Å². The van der Waals surface area contributed by atoms with E-state index in [0.29, 0.717) is 30.3 Å². The topological polar surface area (TPSA) is 79.1 Å². The van der Waals surface area contributed by atoms with E-state index < -0.39 is 11.7 Å². The van der Waals surface area contributed by atoms with E-state index >= 15 is 0 Å². The predicted molar refractivity (Wildman–Crippen MR) is 90.0 cm³/mol. The smallest absolute Gasteiger partial charge is 0.416 e. The van der Waals surface area contributed by atoms with E-state index in [4.69, 9.17) is 9.47 Å². The molecule has 0 aliphatic carbocycles. The second kappa shape index (κ2) is 6.95. The molecule has 1 aliphatic heterocycles. The Kier molecular flexibility index (Phi) is 4.46. The Labute approximate surface area is 156 Å². The first-order chi connectivity index (χ1) is 13.4. The zero-order valence-electron chi connectivity index (χ0n) is 14.3. The van der Waals surface area contributed by atoms with Gasteiger partial charge in [0, 0.05) is 11.1 Å². The standard InChI is InChI=1S/C18H13F3N4O3/c19-18(20,21)13-3-1-2-12(8-13)17-22-24-25(23-17)10-14(26)11-4-5-15-16(9-11)28-7-6-27-15/h1-5,8-9H,6-7,10H2. The Morgan fingerprint density at radius 1 is 1.07 bits per heavy atom. The lowest BCUT2D eigenvalue weighted by molar-refractivity contribution is -0.137. The summed E-state index contributed by atoms with van der Waals surface area (Å²) >= 11 is 0. The van der Waals surface area contributed by atoms with Crippen LogP contribution in [0, 0.1) is 0 Å². The minimum atomic E-state index is -4.47. The average molecular weight is 390 g/mol. The third kappa shape index (κ3) is 3.66. The first-order valence-electron chi connectivity index (χ1n) is 8.28. The van der Waals surface area contributed by atoms with E-state index in [2.05, 4.69) is 15.4 Å². The summed E-state index contributed by atoms with van der Waals surface area (Å²) in [7, 11) is 0. The summed E-state index contributed by atoms with van der Waals surface area (Å²) in [5.41, 5.74) is -0.274. The Morgan fingerprint density at radius 3 is 2.64 bits per heavy atom. The summed E-state index contributed by atoms with van der Waals surface area (Å²) < 4.78 is 49.4. The number of rotatable bonds is 4. The Balaban J connectivity index is 1.51. The highest BCUT2D eigenvalue weighted by Crippen LogP contribution is 2.32. The highest BCUT2D eigenvalue weighted by atomic mass is 19.4. The number of fused-ring (bicyclic) bond motifs is 1. The minimum Gasteiger partial charge on any atom is -0.486 e. The van der Waals surface area contributed by atoms with Gasteiger partial charge >= 0.3 is 6.18 Å². The molecule has 0 amide bonds. The van der Waals surface area contributed by atoms with Crippen LogP contribution in [0.15, 0.2) is 42.5 Å². The number of nitrogens with zero attached hydrogens (tertiary/aromatic N) is 4. The number of ketones is 1. The van der Waals surface area contributed by atoms with Crippen molar-refractivity contribution < 1.29 is 27.4 Å². The zero-order chi connectivity index (χ0) is 19.7. The summed E-state index contributed by atoms with van der Waals surface area (Å²) in [6, 6.07) is 9.41. The van der Waals surface area contributed by atoms with Crippen molar-refractivity contribution in [2.45, 2.75) is 12.7 Å². The van der Waals surface area contributed by atoms with E-state index in [-0.39, 0.29) is 23.7 Å². The number of hydrogen-bond acceptors (Lipinski definition) is 6. The van der Waals surface area contributed by atoms with Crippen molar-refractivity contribution in [2.75, 3.05) is 13.2 Å². The van der Waals surface area contributed by atoms with Gasteiger partial charge in [0.1, 0.15) is 19.8 Å². The molecule has 0 spiro atoms. The van der Waals surface area contributed by atoms with Gasteiger partial charge in [0.05, 0.1) is 5.56 Å². The molecule has 0 bridgehead atoms. The van der Waals surface area contributed by atoms with Crippen LogP contribution in [0.25, 0.3) is 11.4 Å². The summed E-state index contributed by atoms with van der Waals surface area (Å²) in [6.45, 7) is 0.628. The molecule has 0 unspecified atom stereocenters. The summed E-state index contributed by atoms with van der Waals surface area (Å²) in [5, 5.41) is 11.5. The van der Waals surface area contributed by atoms with Crippen molar-refractivity contribution in [2.24, 2.45) is 0 Å². The van der Waals surface area contributed by atoms with E-state index in [9.17, 15) is 18.0 Å². The van der Waals surface area contributed by atoms with Gasteiger partial charge < -0.3 is 9.47 Å². The number of ether oxygens (including phenoxy) is 2. The zero-order valence-corrected chi connectivity index (χ0v) is 14.3. The van der Waals surface area contributed by atoms with Crippen molar-refractivity contribution in [3.05, 3.63) is 53.6 Å². The highest BCUT2D eigenvalue weighted by molar-refractivity contribution is 5.96. The van der Waals surface area contributed by atoms with Crippen molar-refractivity contribution in [1.29, 1.82) is 0 Å². The lowest BCUT2D eigenvalue weighted by Gasteiger charge is -2.18. The van der Waals surface area contributed by atoms with Gasteiger partial charge in [-0.15, -0.1) is 10.2 Å². The number of Topliss-reactive ketones (excluding diaryl/α,β-unsaturated/α-hetero) is 1. The van der Waals surface area contributed by atoms with Crippen LogP contribution in [0.3, 0.4) is 0 Å². The van der Waals surface area contributed by atoms with Crippen LogP contribution in [-0.2, 0) is 12.7 Å². The molecule has 7 nitrogen and oxygen atoms in total. The summed E-state index contributed by atoms with van der Waals surface area (Å²) in [5.74, 6) is 0.743. The number of alkyl halides is 3. The SMILES string of the molecule is O=C(Cn1nnc(-c2cccc(C(F)(F)F)c2)n1)c1ccc2c(c1)OCCO2. The maximum absolute atomic E-state index is 12.8. The molecule has 0 fully saturated rings. The number of carbonyl (C=O) groups excluding carboxylic acids is 1. The fourth-order valence-electron chi connectivity index (χ4n) is 2.70. The molecule has 28 heavy (non-hydrogen) atoms. The monoisotopic (exact) mass is 390 g/mol. The molecule has 1 aliphatic rings. The predicted octanol–water partition coefficient (Wildman–Crippen LogP) is 3.01. The molecule has 144 valence electrons. The summed E-state index contributed by atoms with van der Waals surface area (Å²) in [4.78, 5) is 13.5. The number of benzene rings is 2. The maximum atomic E-state index is 12.8. The van der Waals surface area contributed by atoms with Crippen molar-refractivity contribution >= 4 is 5.78 Å². The van der Waals surface area contributed by atoms with Crippen LogP contribution >= 0.6 is 0 Å². The van der Waals surface area contributed by atoms with Crippen molar-refractivity contribution in [1.82, 2.24) is 20.2 Å². The fraction of sp³-hybridized carbons (Fsp3) is 0.222. The quantitative estimate of drug-likeness (QED) is 0.638. The average Bonchev–Trinajstić information content (AvgIpc) is 3.15. The second-order valence-corrected chi connectivity index (χ2v) is 6.00. The number of tetrazole rings is 1. The lowest BCUT2D eigenvalue weighted by Crippen LogP contribution is -2.17. The molecule has 0 saturated heterocycles. The van der Waals surface area contributed by atoms with Crippen LogP contribution in [0.2, 0.25) is 0 Å². The normalized spacial score (nSPS) is 13.4. The summed E-state index contributed by atoms with van der Waals surface area (Å²) in [6.07, 6.45) is -4.47. The first kappa shape index (κ1) is 18.0. The third-order valence-electron chi connectivity index (χ3n) is 4.05. The fourth-order valence-corrected chi connectivity index (χ4v) is 2.70. The molecule has 2 aromatic carbocycles. The largest absolute Gasteiger partial charge is 0.486 e. The van der Waals surface area contributed by atoms with Crippen LogP contribution in [0.5, 0.6) is 11.5 Å². The van der Waals surface area contributed by atoms with Crippen LogP contribution < -0.4 is 9.47 Å². The molecular weight excluding hydrogens is 377 g/mol. The van der Waals surface area contributed by atoms with Gasteiger partial charge in [-0.3, -0.25) is 4.79 Å². The second-order valence-electron chi connectivity index (χ2n) is 6.00. The van der Waals surface area contributed by atoms with E-state index in [0.717, 1.165) is 16.9 Å². The van der Waals surface area contributed by atoms with Crippen molar-refractivity contribution in [3.8, 4) is 22.9 Å². The molecule has 2 heterocycles. The lowest BCUT2D eigenvalue weighted by atomic mass is 10.1. The van der Waals surface area contributed by atoms with Gasteiger partial charge in [0.2, 0.25) is 5.82 Å². The first-order valence-corrected chi connectivity index (χ1v) is 8.28. The van der Waals surface area contributed by atoms with E-state index in [1.165, 1.54) is 12.1 Å². The van der Waals surface area contributed by atoms with Gasteiger partial charge in [-0.05, 0) is 35.5 Å². The van der Waals surface area contributed by atoms with E-state index in [1.54, 1.807) is 18.2 Å². The van der Waals surface area contributed by atoms with Gasteiger partial charge in [-0.1, -0.05) is 12.1 Å². The van der Waals surface area contributed by atoms with Gasteiger partial charge in [0.15, 0.2) is 17.3 Å². The highest BCUT2D eigenvalue weighted by Gasteiger charge is 2.30. The maximum Gasteiger partial charge on any atom is 0.416 e. The Bertz CT molecular complexity index is 1030. The molecule has 0 N–H and O–H groups in total. The molecule has 1 aromatic heterocycles. The Hall–Kier alpha value is -3.43. The van der Waals surface area contributed by atoms with E-state index in [1.807, 2.05) is 0 Å². The molecule has 10 heteroatoms. The van der Waals surface area contributed by atoms with Crippen LogP contribution in [0.1, 0.15) is 15.9 Å². The molecule has 0 atom stereocenters.